The molecule has 3 heteroatoms. The quantitative estimate of drug-likeness (QED) is 0.844. The molecule has 1 rings (SSSR count). The lowest BCUT2D eigenvalue weighted by Crippen LogP contribution is -2.23. The Morgan fingerprint density at radius 2 is 2.06 bits per heavy atom. The fourth-order valence-corrected chi connectivity index (χ4v) is 1.43. The Morgan fingerprint density at radius 1 is 1.38 bits per heavy atom. The van der Waals surface area contributed by atoms with E-state index in [1.165, 1.54) is 0 Å². The Labute approximate surface area is 96.8 Å². The maximum absolute atomic E-state index is 10.7. The maximum Gasteiger partial charge on any atom is 0.225 e. The number of carbonyl (C=O) groups is 1. The van der Waals surface area contributed by atoms with Crippen LogP contribution >= 0.6 is 0 Å². The summed E-state index contributed by atoms with van der Waals surface area (Å²) in [5.41, 5.74) is 0.969. The van der Waals surface area contributed by atoms with Crippen LogP contribution in [0.1, 0.15) is 32.4 Å². The van der Waals surface area contributed by atoms with Gasteiger partial charge in [-0.05, 0) is 38.5 Å². The summed E-state index contributed by atoms with van der Waals surface area (Å²) in [7, 11) is 0. The van der Waals surface area contributed by atoms with Crippen LogP contribution in [0.5, 0.6) is 5.75 Å². The molecule has 0 heterocycles. The summed E-state index contributed by atoms with van der Waals surface area (Å²) in [6, 6.07) is 7.49. The van der Waals surface area contributed by atoms with E-state index in [2.05, 4.69) is 5.32 Å². The highest BCUT2D eigenvalue weighted by Gasteiger charge is 2.07. The molecule has 0 saturated carbocycles. The van der Waals surface area contributed by atoms with Crippen molar-refractivity contribution in [1.29, 1.82) is 0 Å². The molecule has 2 radical (unpaired) electrons. The molecule has 0 bridgehead atoms. The summed E-state index contributed by atoms with van der Waals surface area (Å²) in [6.45, 7) is 10.9. The van der Waals surface area contributed by atoms with E-state index in [4.69, 9.17) is 11.7 Å². The molecule has 16 heavy (non-hydrogen) atoms. The summed E-state index contributed by atoms with van der Waals surface area (Å²) >= 11 is 0. The number of nitrogens with one attached hydrogen (secondary N) is 1. The normalized spacial score (nSPS) is 12.3. The van der Waals surface area contributed by atoms with Gasteiger partial charge < -0.3 is 10.1 Å². The Balaban J connectivity index is 2.77. The molecule has 0 spiro atoms. The minimum Gasteiger partial charge on any atom is -0.491 e. The molecule has 3 nitrogen and oxygen atoms in total. The van der Waals surface area contributed by atoms with Crippen molar-refractivity contribution in [2.24, 2.45) is 0 Å². The second-order valence-corrected chi connectivity index (χ2v) is 3.97. The summed E-state index contributed by atoms with van der Waals surface area (Å²) in [4.78, 5) is 10.7. The van der Waals surface area contributed by atoms with Crippen LogP contribution in [0, 0.1) is 6.92 Å². The first-order valence-electron chi connectivity index (χ1n) is 5.31. The molecule has 0 aliphatic heterocycles. The van der Waals surface area contributed by atoms with Gasteiger partial charge in [0.25, 0.3) is 0 Å². The van der Waals surface area contributed by atoms with E-state index in [1.807, 2.05) is 45.0 Å². The highest BCUT2D eigenvalue weighted by molar-refractivity contribution is 5.80. The van der Waals surface area contributed by atoms with Crippen LogP contribution in [-0.2, 0) is 4.79 Å². The van der Waals surface area contributed by atoms with Crippen molar-refractivity contribution in [3.8, 4) is 5.75 Å². The smallest absolute Gasteiger partial charge is 0.225 e. The van der Waals surface area contributed by atoms with Gasteiger partial charge in [0.05, 0.1) is 19.1 Å². The highest BCUT2D eigenvalue weighted by atomic mass is 16.5. The molecule has 1 aromatic carbocycles. The number of hydrogen-bond acceptors (Lipinski definition) is 2. The number of rotatable bonds is 4. The van der Waals surface area contributed by atoms with E-state index in [-0.39, 0.29) is 12.1 Å². The molecule has 0 aliphatic carbocycles. The summed E-state index contributed by atoms with van der Waals surface area (Å²) < 4.78 is 5.57. The summed E-state index contributed by atoms with van der Waals surface area (Å²) in [5.74, 6) is 0.272. The van der Waals surface area contributed by atoms with Crippen molar-refractivity contribution >= 4 is 5.91 Å². The standard InChI is InChI=1S/C13H17NO2/c1-9(2)16-13-7-5-6-12(8-13)10(3)14-11(4)15/h4-10H,1-3H3,(H,14,15). The van der Waals surface area contributed by atoms with Crippen LogP contribution in [-0.4, -0.2) is 12.0 Å². The average Bonchev–Trinajstić information content (AvgIpc) is 2.16. The van der Waals surface area contributed by atoms with Gasteiger partial charge in [0.1, 0.15) is 5.75 Å². The number of amides is 1. The van der Waals surface area contributed by atoms with Crippen molar-refractivity contribution in [2.75, 3.05) is 0 Å². The van der Waals surface area contributed by atoms with Crippen LogP contribution in [0.2, 0.25) is 0 Å². The van der Waals surface area contributed by atoms with Gasteiger partial charge in [0.15, 0.2) is 0 Å². The molecule has 0 saturated heterocycles. The number of hydrogen-bond donors (Lipinski definition) is 1. The van der Waals surface area contributed by atoms with Crippen molar-refractivity contribution in [3.05, 3.63) is 36.8 Å². The van der Waals surface area contributed by atoms with Gasteiger partial charge in [0, 0.05) is 0 Å². The third-order valence-corrected chi connectivity index (χ3v) is 2.09. The topological polar surface area (TPSA) is 38.3 Å². The summed E-state index contributed by atoms with van der Waals surface area (Å²) in [6.07, 6.45) is 0.134. The first kappa shape index (κ1) is 12.6. The predicted octanol–water partition coefficient (Wildman–Crippen LogP) is 2.36. The Hall–Kier alpha value is -1.51. The minimum atomic E-state index is -0.525. The van der Waals surface area contributed by atoms with E-state index in [0.29, 0.717) is 0 Å². The van der Waals surface area contributed by atoms with Gasteiger partial charge in [-0.1, -0.05) is 12.1 Å². The molecular formula is C13H17NO2. The van der Waals surface area contributed by atoms with E-state index in [9.17, 15) is 4.79 Å². The zero-order valence-corrected chi connectivity index (χ0v) is 9.86. The number of ether oxygens (including phenoxy) is 1. The first-order chi connectivity index (χ1) is 7.49. The minimum absolute atomic E-state index is 0.117. The molecule has 86 valence electrons. The third kappa shape index (κ3) is 3.93. The van der Waals surface area contributed by atoms with Crippen LogP contribution in [0.3, 0.4) is 0 Å². The zero-order valence-electron chi connectivity index (χ0n) is 9.86. The fraction of sp³-hybridized carbons (Fsp3) is 0.385. The van der Waals surface area contributed by atoms with Crippen LogP contribution < -0.4 is 10.1 Å². The lowest BCUT2D eigenvalue weighted by molar-refractivity contribution is -0.117. The molecule has 1 amide bonds. The second-order valence-electron chi connectivity index (χ2n) is 3.97. The van der Waals surface area contributed by atoms with Crippen LogP contribution in [0.15, 0.2) is 24.3 Å². The highest BCUT2D eigenvalue weighted by Crippen LogP contribution is 2.19. The molecule has 1 N–H and O–H groups in total. The zero-order chi connectivity index (χ0) is 12.1. The Kier molecular flexibility index (Phi) is 4.35. The maximum atomic E-state index is 10.7. The third-order valence-electron chi connectivity index (χ3n) is 2.09. The predicted molar refractivity (Wildman–Crippen MR) is 63.1 cm³/mol. The molecular weight excluding hydrogens is 202 g/mol. The molecule has 1 unspecified atom stereocenters. The van der Waals surface area contributed by atoms with Gasteiger partial charge in [-0.3, -0.25) is 4.79 Å². The number of benzene rings is 1. The first-order valence-corrected chi connectivity index (χ1v) is 5.31. The Bertz CT molecular complexity index is 361. The lowest BCUT2D eigenvalue weighted by Gasteiger charge is -2.15. The average molecular weight is 219 g/mol. The summed E-state index contributed by atoms with van der Waals surface area (Å²) in [5, 5.41) is 2.62. The molecule has 1 atom stereocenters. The van der Waals surface area contributed by atoms with Crippen LogP contribution in [0.4, 0.5) is 0 Å². The molecule has 0 aromatic heterocycles. The van der Waals surface area contributed by atoms with Gasteiger partial charge in [0.2, 0.25) is 5.91 Å². The molecule has 1 aromatic rings. The Morgan fingerprint density at radius 3 is 2.62 bits per heavy atom. The van der Waals surface area contributed by atoms with E-state index < -0.39 is 5.91 Å². The fourth-order valence-electron chi connectivity index (χ4n) is 1.43. The second kappa shape index (κ2) is 5.54. The lowest BCUT2D eigenvalue weighted by atomic mass is 10.1. The van der Waals surface area contributed by atoms with Gasteiger partial charge in [-0.15, -0.1) is 0 Å². The van der Waals surface area contributed by atoms with Gasteiger partial charge >= 0.3 is 0 Å². The monoisotopic (exact) mass is 219 g/mol. The van der Waals surface area contributed by atoms with E-state index in [1.54, 1.807) is 0 Å². The van der Waals surface area contributed by atoms with Crippen molar-refractivity contribution in [3.63, 3.8) is 0 Å². The van der Waals surface area contributed by atoms with E-state index in [0.717, 1.165) is 11.3 Å². The van der Waals surface area contributed by atoms with Crippen molar-refractivity contribution in [1.82, 2.24) is 5.32 Å². The SMILES string of the molecule is [CH]C(=O)NC(C)c1cccc(OC(C)C)c1. The number of carbonyl (C=O) groups excluding carboxylic acids is 1. The van der Waals surface area contributed by atoms with Gasteiger partial charge in [-0.25, -0.2) is 0 Å². The van der Waals surface area contributed by atoms with Crippen molar-refractivity contribution in [2.45, 2.75) is 32.9 Å². The molecule has 0 aliphatic rings. The van der Waals surface area contributed by atoms with Crippen molar-refractivity contribution < 1.29 is 9.53 Å². The van der Waals surface area contributed by atoms with Crippen LogP contribution in [0.25, 0.3) is 0 Å². The molecule has 0 fully saturated rings. The van der Waals surface area contributed by atoms with Gasteiger partial charge in [-0.2, -0.15) is 0 Å². The van der Waals surface area contributed by atoms with E-state index >= 15 is 0 Å². The largest absolute Gasteiger partial charge is 0.491 e.